The Labute approximate surface area is 173 Å². The first kappa shape index (κ1) is 18.2. The summed E-state index contributed by atoms with van der Waals surface area (Å²) in [5, 5.41) is 9.24. The number of halogens is 1. The molecule has 3 heterocycles. The molecule has 0 aliphatic carbocycles. The Morgan fingerprint density at radius 3 is 2.59 bits per heavy atom. The van der Waals surface area contributed by atoms with Crippen molar-refractivity contribution in [2.75, 3.05) is 13.1 Å². The highest BCUT2D eigenvalue weighted by molar-refractivity contribution is 6.31. The molecule has 3 aromatic rings. The average molecular weight is 406 g/mol. The van der Waals surface area contributed by atoms with E-state index in [1.165, 1.54) is 0 Å². The van der Waals surface area contributed by atoms with Gasteiger partial charge in [-0.1, -0.05) is 41.9 Å². The summed E-state index contributed by atoms with van der Waals surface area (Å²) in [7, 11) is 0. The van der Waals surface area contributed by atoms with Crippen LogP contribution in [0.4, 0.5) is 0 Å². The molecule has 0 radical (unpaired) electrons. The smallest absolute Gasteiger partial charge is 0.281 e. The maximum absolute atomic E-state index is 13.4. The van der Waals surface area contributed by atoms with Crippen LogP contribution in [0.3, 0.4) is 0 Å². The third-order valence-electron chi connectivity index (χ3n) is 5.45. The van der Waals surface area contributed by atoms with Gasteiger partial charge < -0.3 is 0 Å². The number of hydrogen-bond acceptors (Lipinski definition) is 5. The summed E-state index contributed by atoms with van der Waals surface area (Å²) in [6.45, 7) is 2.80. The maximum atomic E-state index is 13.4. The summed E-state index contributed by atoms with van der Waals surface area (Å²) in [6.07, 6.45) is 2.32. The number of rotatable bonds is 3. The molecule has 6 nitrogen and oxygen atoms in total. The van der Waals surface area contributed by atoms with E-state index in [0.717, 1.165) is 48.5 Å². The van der Waals surface area contributed by atoms with Crippen LogP contribution in [-0.4, -0.2) is 38.5 Å². The molecule has 0 saturated carbocycles. The van der Waals surface area contributed by atoms with Crippen LogP contribution >= 0.6 is 11.6 Å². The Morgan fingerprint density at radius 2 is 1.79 bits per heavy atom. The summed E-state index contributed by atoms with van der Waals surface area (Å²) in [5.41, 5.74) is 3.68. The van der Waals surface area contributed by atoms with Gasteiger partial charge >= 0.3 is 0 Å². The van der Waals surface area contributed by atoms with E-state index >= 15 is 0 Å². The molecule has 146 valence electrons. The molecule has 0 N–H and O–H groups in total. The molecule has 0 unspecified atom stereocenters. The second kappa shape index (κ2) is 7.54. The lowest BCUT2D eigenvalue weighted by Gasteiger charge is -2.16. The zero-order valence-corrected chi connectivity index (χ0v) is 16.6. The van der Waals surface area contributed by atoms with Gasteiger partial charge in [0.1, 0.15) is 12.2 Å². The van der Waals surface area contributed by atoms with Crippen molar-refractivity contribution in [2.45, 2.75) is 25.9 Å². The Bertz CT molecular complexity index is 1150. The fourth-order valence-electron chi connectivity index (χ4n) is 4.03. The summed E-state index contributed by atoms with van der Waals surface area (Å²) in [6, 6.07) is 15.5. The number of aliphatic imine (C=N–C) groups is 1. The van der Waals surface area contributed by atoms with E-state index in [1.54, 1.807) is 10.6 Å². The molecule has 0 atom stereocenters. The Morgan fingerprint density at radius 1 is 1.00 bits per heavy atom. The molecule has 0 amide bonds. The molecule has 2 aliphatic rings. The van der Waals surface area contributed by atoms with Crippen LogP contribution in [-0.2, 0) is 13.1 Å². The first-order chi connectivity index (χ1) is 14.2. The van der Waals surface area contributed by atoms with E-state index < -0.39 is 0 Å². The fourth-order valence-corrected chi connectivity index (χ4v) is 4.20. The van der Waals surface area contributed by atoms with Gasteiger partial charge in [0.25, 0.3) is 5.56 Å². The highest BCUT2D eigenvalue weighted by Crippen LogP contribution is 2.26. The molecule has 0 spiro atoms. The van der Waals surface area contributed by atoms with Gasteiger partial charge in [-0.15, -0.1) is 10.2 Å². The molecule has 2 aliphatic heterocycles. The van der Waals surface area contributed by atoms with Gasteiger partial charge in [0.2, 0.25) is 0 Å². The molecular weight excluding hydrogens is 386 g/mol. The zero-order valence-electron chi connectivity index (χ0n) is 15.9. The SMILES string of the molecule is O=c1c(CN2CCCC2)nnc2n1-c1ccc(Cl)cc1C(c1ccccc1)=NC2. The van der Waals surface area contributed by atoms with Gasteiger partial charge in [0.05, 0.1) is 11.4 Å². The summed E-state index contributed by atoms with van der Waals surface area (Å²) >= 11 is 6.32. The standard InChI is InChI=1S/C22H20ClN5O/c23-16-8-9-19-17(12-16)21(15-6-2-1-3-7-15)24-13-20-26-25-18(22(29)28(19)20)14-27-10-4-5-11-27/h1-3,6-9,12H,4-5,10-11,13-14H2. The summed E-state index contributed by atoms with van der Waals surface area (Å²) in [5.74, 6) is 0.537. The number of aromatic nitrogens is 3. The van der Waals surface area contributed by atoms with Crippen LogP contribution in [0, 0.1) is 0 Å². The second-order valence-electron chi connectivity index (χ2n) is 7.38. The van der Waals surface area contributed by atoms with Crippen molar-refractivity contribution in [3.8, 4) is 5.69 Å². The lowest BCUT2D eigenvalue weighted by molar-refractivity contribution is 0.322. The van der Waals surface area contributed by atoms with Crippen molar-refractivity contribution in [2.24, 2.45) is 4.99 Å². The number of likely N-dealkylation sites (tertiary alicyclic amines) is 1. The molecule has 1 aromatic heterocycles. The van der Waals surface area contributed by atoms with Crippen molar-refractivity contribution in [1.82, 2.24) is 19.7 Å². The van der Waals surface area contributed by atoms with Gasteiger partial charge in [-0.25, -0.2) is 0 Å². The van der Waals surface area contributed by atoms with Crippen molar-refractivity contribution < 1.29 is 0 Å². The normalized spacial score (nSPS) is 16.1. The number of hydrogen-bond donors (Lipinski definition) is 0. The van der Waals surface area contributed by atoms with Crippen LogP contribution in [0.2, 0.25) is 5.02 Å². The third kappa shape index (κ3) is 3.39. The Balaban J connectivity index is 1.67. The predicted octanol–water partition coefficient (Wildman–Crippen LogP) is 3.23. The minimum absolute atomic E-state index is 0.130. The lowest BCUT2D eigenvalue weighted by atomic mass is 10.0. The molecule has 0 bridgehead atoms. The quantitative estimate of drug-likeness (QED) is 0.671. The first-order valence-corrected chi connectivity index (χ1v) is 10.2. The van der Waals surface area contributed by atoms with Crippen molar-refractivity contribution >= 4 is 17.3 Å². The van der Waals surface area contributed by atoms with Crippen LogP contribution in [0.1, 0.15) is 35.5 Å². The monoisotopic (exact) mass is 405 g/mol. The molecular formula is C22H20ClN5O. The average Bonchev–Trinajstić information content (AvgIpc) is 3.19. The molecule has 29 heavy (non-hydrogen) atoms. The van der Waals surface area contributed by atoms with Gasteiger partial charge in [-0.05, 0) is 44.1 Å². The highest BCUT2D eigenvalue weighted by atomic mass is 35.5. The van der Waals surface area contributed by atoms with E-state index in [9.17, 15) is 4.79 Å². The molecule has 5 rings (SSSR count). The number of benzene rings is 2. The van der Waals surface area contributed by atoms with Gasteiger partial charge in [0.15, 0.2) is 5.82 Å². The van der Waals surface area contributed by atoms with E-state index in [2.05, 4.69) is 15.1 Å². The van der Waals surface area contributed by atoms with E-state index in [4.69, 9.17) is 16.6 Å². The number of nitrogens with zero attached hydrogens (tertiary/aromatic N) is 5. The van der Waals surface area contributed by atoms with Crippen LogP contribution in [0.15, 0.2) is 58.3 Å². The van der Waals surface area contributed by atoms with Crippen molar-refractivity contribution in [3.63, 3.8) is 0 Å². The second-order valence-corrected chi connectivity index (χ2v) is 7.82. The first-order valence-electron chi connectivity index (χ1n) is 9.81. The van der Waals surface area contributed by atoms with E-state index in [0.29, 0.717) is 23.1 Å². The molecule has 2 aromatic carbocycles. The summed E-state index contributed by atoms with van der Waals surface area (Å²) in [4.78, 5) is 20.4. The molecule has 1 fully saturated rings. The lowest BCUT2D eigenvalue weighted by Crippen LogP contribution is -2.32. The largest absolute Gasteiger partial charge is 0.297 e. The fraction of sp³-hybridized carbons (Fsp3) is 0.273. The minimum Gasteiger partial charge on any atom is -0.297 e. The van der Waals surface area contributed by atoms with E-state index in [1.807, 2.05) is 42.5 Å². The van der Waals surface area contributed by atoms with Crippen molar-refractivity contribution in [1.29, 1.82) is 0 Å². The Kier molecular flexibility index (Phi) is 4.73. The highest BCUT2D eigenvalue weighted by Gasteiger charge is 2.24. The van der Waals surface area contributed by atoms with Crippen LogP contribution in [0.5, 0.6) is 0 Å². The van der Waals surface area contributed by atoms with Gasteiger partial charge in [-0.2, -0.15) is 0 Å². The third-order valence-corrected chi connectivity index (χ3v) is 5.68. The van der Waals surface area contributed by atoms with Gasteiger partial charge in [0, 0.05) is 22.7 Å². The van der Waals surface area contributed by atoms with Gasteiger partial charge in [-0.3, -0.25) is 19.3 Å². The Hall–Kier alpha value is -2.83. The zero-order chi connectivity index (χ0) is 19.8. The summed E-state index contributed by atoms with van der Waals surface area (Å²) < 4.78 is 1.66. The van der Waals surface area contributed by atoms with E-state index in [-0.39, 0.29) is 12.1 Å². The predicted molar refractivity (Wildman–Crippen MR) is 113 cm³/mol. The molecule has 7 heteroatoms. The minimum atomic E-state index is -0.130. The molecule has 1 saturated heterocycles. The van der Waals surface area contributed by atoms with Crippen molar-refractivity contribution in [3.05, 3.63) is 86.6 Å². The van der Waals surface area contributed by atoms with Crippen LogP contribution in [0.25, 0.3) is 5.69 Å². The maximum Gasteiger partial charge on any atom is 0.281 e. The topological polar surface area (TPSA) is 63.4 Å². The van der Waals surface area contributed by atoms with Crippen LogP contribution < -0.4 is 5.56 Å². The number of fused-ring (bicyclic) bond motifs is 3.